The summed E-state index contributed by atoms with van der Waals surface area (Å²) in [6.45, 7) is 6.07. The van der Waals surface area contributed by atoms with Crippen LogP contribution < -0.4 is 15.4 Å². The lowest BCUT2D eigenvalue weighted by molar-refractivity contribution is -0.120. The largest absolute Gasteiger partial charge is 0.497 e. The molecule has 1 aromatic heterocycles. The molecule has 174 valence electrons. The van der Waals surface area contributed by atoms with Crippen molar-refractivity contribution in [1.29, 1.82) is 0 Å². The van der Waals surface area contributed by atoms with Crippen LogP contribution in [0.5, 0.6) is 5.75 Å². The number of amides is 2. The van der Waals surface area contributed by atoms with Crippen LogP contribution in [0, 0.1) is 13.8 Å². The van der Waals surface area contributed by atoms with Crippen LogP contribution in [0.1, 0.15) is 29.4 Å². The zero-order valence-electron chi connectivity index (χ0n) is 19.5. The zero-order valence-corrected chi connectivity index (χ0v) is 20.3. The van der Waals surface area contributed by atoms with Crippen molar-refractivity contribution in [2.75, 3.05) is 12.4 Å². The quantitative estimate of drug-likeness (QED) is 0.468. The van der Waals surface area contributed by atoms with Gasteiger partial charge in [-0.15, -0.1) is 10.2 Å². The number of thioether (sulfide) groups is 1. The standard InChI is InChI=1S/C24H29N5O3S/c1-15-6-11-20(16(2)12-15)26-23(31)17(3)33-24-28-27-21(29(24)4)14-25-22(30)13-18-7-9-19(32-5)10-8-18/h6-12,17H,13-14H2,1-5H3,(H,25,30)(H,26,31)/t17-/m0/s1. The molecule has 0 spiro atoms. The first-order valence-corrected chi connectivity index (χ1v) is 11.5. The minimum Gasteiger partial charge on any atom is -0.497 e. The topological polar surface area (TPSA) is 98.1 Å². The van der Waals surface area contributed by atoms with E-state index < -0.39 is 0 Å². The van der Waals surface area contributed by atoms with E-state index in [1.165, 1.54) is 11.8 Å². The molecule has 2 aromatic carbocycles. The van der Waals surface area contributed by atoms with Crippen molar-refractivity contribution in [3.8, 4) is 5.75 Å². The molecule has 3 rings (SSSR count). The minimum atomic E-state index is -0.369. The summed E-state index contributed by atoms with van der Waals surface area (Å²) in [5.41, 5.74) is 3.87. The highest BCUT2D eigenvalue weighted by Gasteiger charge is 2.19. The van der Waals surface area contributed by atoms with Gasteiger partial charge in [0, 0.05) is 12.7 Å². The maximum Gasteiger partial charge on any atom is 0.237 e. The second kappa shape index (κ2) is 11.0. The minimum absolute atomic E-state index is 0.107. The van der Waals surface area contributed by atoms with Crippen LogP contribution in [0.4, 0.5) is 5.69 Å². The third kappa shape index (κ3) is 6.58. The van der Waals surface area contributed by atoms with Gasteiger partial charge in [-0.25, -0.2) is 0 Å². The van der Waals surface area contributed by atoms with E-state index in [0.717, 1.165) is 28.1 Å². The van der Waals surface area contributed by atoms with Gasteiger partial charge in [0.05, 0.1) is 25.3 Å². The number of hydrogen-bond acceptors (Lipinski definition) is 6. The van der Waals surface area contributed by atoms with Crippen LogP contribution in [0.25, 0.3) is 0 Å². The van der Waals surface area contributed by atoms with Gasteiger partial charge in [0.1, 0.15) is 5.75 Å². The van der Waals surface area contributed by atoms with Gasteiger partial charge in [0.25, 0.3) is 0 Å². The van der Waals surface area contributed by atoms with E-state index in [1.54, 1.807) is 11.7 Å². The van der Waals surface area contributed by atoms with Gasteiger partial charge in [0.2, 0.25) is 11.8 Å². The molecule has 1 atom stereocenters. The molecule has 0 saturated carbocycles. The van der Waals surface area contributed by atoms with Gasteiger partial charge in [-0.2, -0.15) is 0 Å². The van der Waals surface area contributed by atoms with Gasteiger partial charge >= 0.3 is 0 Å². The number of aromatic nitrogens is 3. The first kappa shape index (κ1) is 24.3. The number of nitrogens with one attached hydrogen (secondary N) is 2. The molecule has 0 aliphatic carbocycles. The second-order valence-corrected chi connectivity index (χ2v) is 9.14. The van der Waals surface area contributed by atoms with E-state index in [0.29, 0.717) is 11.0 Å². The molecular formula is C24H29N5O3S. The Bertz CT molecular complexity index is 1130. The van der Waals surface area contributed by atoms with Crippen LogP contribution in [0.2, 0.25) is 0 Å². The molecule has 1 heterocycles. The van der Waals surface area contributed by atoms with Crippen molar-refractivity contribution in [1.82, 2.24) is 20.1 Å². The number of carbonyl (C=O) groups excluding carboxylic acids is 2. The number of methoxy groups -OCH3 is 1. The molecule has 8 nitrogen and oxygen atoms in total. The number of anilines is 1. The lowest BCUT2D eigenvalue weighted by Crippen LogP contribution is -2.26. The van der Waals surface area contributed by atoms with Crippen molar-refractivity contribution in [2.45, 2.75) is 44.1 Å². The Morgan fingerprint density at radius 3 is 2.52 bits per heavy atom. The van der Waals surface area contributed by atoms with Crippen molar-refractivity contribution in [3.63, 3.8) is 0 Å². The normalized spacial score (nSPS) is 11.7. The van der Waals surface area contributed by atoms with Crippen molar-refractivity contribution in [2.24, 2.45) is 7.05 Å². The molecule has 33 heavy (non-hydrogen) atoms. The van der Waals surface area contributed by atoms with Gasteiger partial charge < -0.3 is 19.9 Å². The molecule has 0 unspecified atom stereocenters. The highest BCUT2D eigenvalue weighted by Crippen LogP contribution is 2.24. The SMILES string of the molecule is COc1ccc(CC(=O)NCc2nnc(S[C@@H](C)C(=O)Nc3ccc(C)cc3C)n2C)cc1. The Kier molecular flexibility index (Phi) is 8.11. The van der Waals surface area contributed by atoms with Gasteiger partial charge in [-0.3, -0.25) is 9.59 Å². The molecule has 0 saturated heterocycles. The third-order valence-corrected chi connectivity index (χ3v) is 6.32. The fourth-order valence-electron chi connectivity index (χ4n) is 3.17. The molecule has 2 N–H and O–H groups in total. The predicted molar refractivity (Wildman–Crippen MR) is 129 cm³/mol. The summed E-state index contributed by atoms with van der Waals surface area (Å²) in [6.07, 6.45) is 0.263. The maximum atomic E-state index is 12.6. The van der Waals surface area contributed by atoms with E-state index >= 15 is 0 Å². The van der Waals surface area contributed by atoms with Gasteiger partial charge in [0.15, 0.2) is 11.0 Å². The number of ether oxygens (including phenoxy) is 1. The molecule has 0 fully saturated rings. The average Bonchev–Trinajstić information content (AvgIpc) is 3.13. The van der Waals surface area contributed by atoms with Crippen LogP contribution >= 0.6 is 11.8 Å². The van der Waals surface area contributed by atoms with E-state index in [2.05, 4.69) is 20.8 Å². The van der Waals surface area contributed by atoms with Crippen molar-refractivity contribution in [3.05, 3.63) is 65.0 Å². The summed E-state index contributed by atoms with van der Waals surface area (Å²) in [6, 6.07) is 13.3. The van der Waals surface area contributed by atoms with Crippen LogP contribution in [-0.4, -0.2) is 38.9 Å². The molecule has 0 radical (unpaired) electrons. The monoisotopic (exact) mass is 467 g/mol. The molecule has 3 aromatic rings. The van der Waals surface area contributed by atoms with Crippen molar-refractivity contribution < 1.29 is 14.3 Å². The fraction of sp³-hybridized carbons (Fsp3) is 0.333. The van der Waals surface area contributed by atoms with E-state index in [4.69, 9.17) is 4.74 Å². The second-order valence-electron chi connectivity index (χ2n) is 7.83. The molecule has 2 amide bonds. The average molecular weight is 468 g/mol. The molecule has 9 heteroatoms. The maximum absolute atomic E-state index is 12.6. The number of hydrogen-bond donors (Lipinski definition) is 2. The van der Waals surface area contributed by atoms with Gasteiger partial charge in [-0.1, -0.05) is 41.6 Å². The number of nitrogens with zero attached hydrogens (tertiary/aromatic N) is 3. The summed E-state index contributed by atoms with van der Waals surface area (Å²) < 4.78 is 6.92. The lowest BCUT2D eigenvalue weighted by Gasteiger charge is -2.13. The summed E-state index contributed by atoms with van der Waals surface area (Å²) in [5, 5.41) is 14.4. The summed E-state index contributed by atoms with van der Waals surface area (Å²) in [5.74, 6) is 1.14. The number of rotatable bonds is 9. The Morgan fingerprint density at radius 2 is 1.85 bits per heavy atom. The first-order chi connectivity index (χ1) is 15.8. The Labute approximate surface area is 198 Å². The molecule has 0 aliphatic heterocycles. The highest BCUT2D eigenvalue weighted by molar-refractivity contribution is 8.00. The Hall–Kier alpha value is -3.33. The molecular weight excluding hydrogens is 438 g/mol. The molecule has 0 bridgehead atoms. The Balaban J connectivity index is 1.52. The van der Waals surface area contributed by atoms with Crippen LogP contribution in [-0.2, 0) is 29.6 Å². The number of benzene rings is 2. The Morgan fingerprint density at radius 1 is 1.12 bits per heavy atom. The van der Waals surface area contributed by atoms with E-state index in [-0.39, 0.29) is 30.0 Å². The van der Waals surface area contributed by atoms with Crippen molar-refractivity contribution >= 4 is 29.3 Å². The number of aryl methyl sites for hydroxylation is 2. The van der Waals surface area contributed by atoms with Gasteiger partial charge in [-0.05, 0) is 50.1 Å². The van der Waals surface area contributed by atoms with Crippen LogP contribution in [0.15, 0.2) is 47.6 Å². The van der Waals surface area contributed by atoms with E-state index in [1.807, 2.05) is 70.3 Å². The summed E-state index contributed by atoms with van der Waals surface area (Å²) in [4.78, 5) is 24.9. The lowest BCUT2D eigenvalue weighted by atomic mass is 10.1. The van der Waals surface area contributed by atoms with Crippen LogP contribution in [0.3, 0.4) is 0 Å². The number of carbonyl (C=O) groups is 2. The van der Waals surface area contributed by atoms with E-state index in [9.17, 15) is 9.59 Å². The predicted octanol–water partition coefficient (Wildman–Crippen LogP) is 3.42. The summed E-state index contributed by atoms with van der Waals surface area (Å²) >= 11 is 1.32. The molecule has 0 aliphatic rings. The zero-order chi connectivity index (χ0) is 24.0. The summed E-state index contributed by atoms with van der Waals surface area (Å²) in [7, 11) is 3.43. The first-order valence-electron chi connectivity index (χ1n) is 10.6. The highest BCUT2D eigenvalue weighted by atomic mass is 32.2. The third-order valence-electron chi connectivity index (χ3n) is 5.18. The smallest absolute Gasteiger partial charge is 0.237 e. The fourth-order valence-corrected chi connectivity index (χ4v) is 4.00.